The van der Waals surface area contributed by atoms with E-state index in [2.05, 4.69) is 20.5 Å². The third-order valence-electron chi connectivity index (χ3n) is 5.69. The van der Waals surface area contributed by atoms with Crippen LogP contribution in [0.15, 0.2) is 36.8 Å². The molecule has 2 N–H and O–H groups in total. The first-order valence-electron chi connectivity index (χ1n) is 9.97. The van der Waals surface area contributed by atoms with Crippen LogP contribution in [-0.4, -0.2) is 55.6 Å². The molecule has 1 aromatic carbocycles. The van der Waals surface area contributed by atoms with Gasteiger partial charge in [-0.3, -0.25) is 9.59 Å². The molecule has 1 saturated heterocycles. The lowest BCUT2D eigenvalue weighted by Gasteiger charge is -2.34. The van der Waals surface area contributed by atoms with Crippen molar-refractivity contribution in [2.24, 2.45) is 7.05 Å². The second-order valence-corrected chi connectivity index (χ2v) is 7.72. The van der Waals surface area contributed by atoms with E-state index in [0.29, 0.717) is 25.4 Å². The van der Waals surface area contributed by atoms with Gasteiger partial charge < -0.3 is 19.8 Å². The lowest BCUT2D eigenvalue weighted by molar-refractivity contribution is -0.137. The number of amides is 2. The van der Waals surface area contributed by atoms with Crippen LogP contribution in [0.4, 0.5) is 0 Å². The van der Waals surface area contributed by atoms with E-state index < -0.39 is 6.04 Å². The molecule has 152 valence electrons. The number of nitrogens with zero attached hydrogens (tertiary/aromatic N) is 4. The molecule has 0 aliphatic carbocycles. The molecule has 0 bridgehead atoms. The smallest absolute Gasteiger partial charge is 0.245 e. The second kappa shape index (κ2) is 8.06. The minimum absolute atomic E-state index is 0.0260. The van der Waals surface area contributed by atoms with E-state index >= 15 is 0 Å². The van der Waals surface area contributed by atoms with Gasteiger partial charge in [0, 0.05) is 56.5 Å². The first kappa shape index (κ1) is 19.2. The molecule has 1 aliphatic rings. The van der Waals surface area contributed by atoms with Crippen LogP contribution in [-0.2, 0) is 23.1 Å². The van der Waals surface area contributed by atoms with Gasteiger partial charge in [0.2, 0.25) is 11.8 Å². The number of carbonyl (C=O) groups is 2. The molecule has 0 saturated carbocycles. The van der Waals surface area contributed by atoms with Crippen molar-refractivity contribution >= 4 is 22.7 Å². The second-order valence-electron chi connectivity index (χ2n) is 7.72. The molecule has 8 nitrogen and oxygen atoms in total. The normalized spacial score (nSPS) is 16.1. The number of aromatic nitrogens is 4. The number of piperidine rings is 1. The van der Waals surface area contributed by atoms with Crippen molar-refractivity contribution in [1.82, 2.24) is 30.0 Å². The number of carbonyl (C=O) groups excluding carboxylic acids is 2. The number of nitrogens with one attached hydrogen (secondary N) is 2. The minimum atomic E-state index is -0.571. The predicted molar refractivity (Wildman–Crippen MR) is 109 cm³/mol. The maximum absolute atomic E-state index is 13.2. The van der Waals surface area contributed by atoms with Crippen molar-refractivity contribution in [2.45, 2.75) is 38.1 Å². The number of hydrogen-bond donors (Lipinski definition) is 2. The molecule has 2 aromatic heterocycles. The first-order valence-corrected chi connectivity index (χ1v) is 9.97. The Labute approximate surface area is 169 Å². The minimum Gasteiger partial charge on any atom is -0.361 e. The largest absolute Gasteiger partial charge is 0.361 e. The molecule has 1 atom stereocenters. The topological polar surface area (TPSA) is 95.9 Å². The summed E-state index contributed by atoms with van der Waals surface area (Å²) in [6.07, 6.45) is 5.79. The van der Waals surface area contributed by atoms with Crippen molar-refractivity contribution in [3.05, 3.63) is 48.2 Å². The van der Waals surface area contributed by atoms with E-state index in [4.69, 9.17) is 0 Å². The van der Waals surface area contributed by atoms with E-state index in [1.807, 2.05) is 47.0 Å². The molecule has 1 aliphatic heterocycles. The number of para-hydroxylation sites is 1. The van der Waals surface area contributed by atoms with Gasteiger partial charge in [-0.05, 0) is 24.5 Å². The molecule has 2 amide bonds. The van der Waals surface area contributed by atoms with Crippen molar-refractivity contribution < 1.29 is 9.59 Å². The maximum atomic E-state index is 13.2. The van der Waals surface area contributed by atoms with Crippen LogP contribution in [0, 0.1) is 0 Å². The molecule has 3 heterocycles. The van der Waals surface area contributed by atoms with Gasteiger partial charge in [-0.15, -0.1) is 10.2 Å². The predicted octanol–water partition coefficient (Wildman–Crippen LogP) is 1.75. The van der Waals surface area contributed by atoms with Crippen LogP contribution >= 0.6 is 0 Å². The standard InChI is InChI=1S/C21H26N6O2/c1-14(28)24-19(11-16-12-22-18-6-4-3-5-17(16)18)21(29)27-9-7-15(8-10-27)20-25-23-13-26(20)2/h3-6,12-13,15,19,22H,7-11H2,1-2H3,(H,24,28). The molecular formula is C21H26N6O2. The highest BCUT2D eigenvalue weighted by atomic mass is 16.2. The van der Waals surface area contributed by atoms with Gasteiger partial charge in [0.25, 0.3) is 0 Å². The molecular weight excluding hydrogens is 368 g/mol. The van der Waals surface area contributed by atoms with Crippen LogP contribution in [0.3, 0.4) is 0 Å². The summed E-state index contributed by atoms with van der Waals surface area (Å²) < 4.78 is 1.94. The number of benzene rings is 1. The van der Waals surface area contributed by atoms with Gasteiger partial charge in [0.1, 0.15) is 18.2 Å². The summed E-state index contributed by atoms with van der Waals surface area (Å²) in [5.41, 5.74) is 2.06. The van der Waals surface area contributed by atoms with E-state index in [1.165, 1.54) is 6.92 Å². The summed E-state index contributed by atoms with van der Waals surface area (Å²) in [4.78, 5) is 30.1. The van der Waals surface area contributed by atoms with Crippen LogP contribution in [0.5, 0.6) is 0 Å². The Balaban J connectivity index is 1.46. The molecule has 1 unspecified atom stereocenters. The lowest BCUT2D eigenvalue weighted by atomic mass is 9.95. The van der Waals surface area contributed by atoms with E-state index in [0.717, 1.165) is 35.1 Å². The average molecular weight is 394 g/mol. The van der Waals surface area contributed by atoms with Gasteiger partial charge in [-0.2, -0.15) is 0 Å². The zero-order chi connectivity index (χ0) is 20.4. The third kappa shape index (κ3) is 4.01. The fourth-order valence-corrected chi connectivity index (χ4v) is 4.21. The lowest BCUT2D eigenvalue weighted by Crippen LogP contribution is -2.51. The van der Waals surface area contributed by atoms with Gasteiger partial charge in [0.05, 0.1) is 0 Å². The van der Waals surface area contributed by atoms with Crippen molar-refractivity contribution in [3.63, 3.8) is 0 Å². The Hall–Kier alpha value is -3.16. The Bertz CT molecular complexity index is 1020. The molecule has 0 spiro atoms. The quantitative estimate of drug-likeness (QED) is 0.689. The number of hydrogen-bond acceptors (Lipinski definition) is 4. The summed E-state index contributed by atoms with van der Waals surface area (Å²) >= 11 is 0. The Morgan fingerprint density at radius 3 is 2.72 bits per heavy atom. The van der Waals surface area contributed by atoms with Crippen LogP contribution in [0.2, 0.25) is 0 Å². The zero-order valence-electron chi connectivity index (χ0n) is 16.8. The van der Waals surface area contributed by atoms with Crippen LogP contribution in [0.1, 0.15) is 37.1 Å². The van der Waals surface area contributed by atoms with Crippen molar-refractivity contribution in [1.29, 1.82) is 0 Å². The summed E-state index contributed by atoms with van der Waals surface area (Å²) in [7, 11) is 1.95. The van der Waals surface area contributed by atoms with Gasteiger partial charge in [-0.25, -0.2) is 0 Å². The Morgan fingerprint density at radius 2 is 2.03 bits per heavy atom. The SMILES string of the molecule is CC(=O)NC(Cc1c[nH]c2ccccc12)C(=O)N1CCC(c2nncn2C)CC1. The number of fused-ring (bicyclic) bond motifs is 1. The van der Waals surface area contributed by atoms with Crippen molar-refractivity contribution in [2.75, 3.05) is 13.1 Å². The summed E-state index contributed by atoms with van der Waals surface area (Å²) in [6.45, 7) is 2.76. The number of H-pyrrole nitrogens is 1. The third-order valence-corrected chi connectivity index (χ3v) is 5.69. The summed E-state index contributed by atoms with van der Waals surface area (Å²) in [5, 5.41) is 12.1. The highest BCUT2D eigenvalue weighted by Gasteiger charge is 2.31. The molecule has 3 aromatic rings. The van der Waals surface area contributed by atoms with Crippen LogP contribution in [0.25, 0.3) is 10.9 Å². The number of rotatable bonds is 5. The highest BCUT2D eigenvalue weighted by Crippen LogP contribution is 2.27. The number of aryl methyl sites for hydroxylation is 1. The molecule has 1 fully saturated rings. The molecule has 8 heteroatoms. The van der Waals surface area contributed by atoms with E-state index in [9.17, 15) is 9.59 Å². The Morgan fingerprint density at radius 1 is 1.28 bits per heavy atom. The van der Waals surface area contributed by atoms with E-state index in [1.54, 1.807) is 6.33 Å². The summed E-state index contributed by atoms with van der Waals surface area (Å²) in [5.74, 6) is 1.05. The van der Waals surface area contributed by atoms with Crippen molar-refractivity contribution in [3.8, 4) is 0 Å². The summed E-state index contributed by atoms with van der Waals surface area (Å²) in [6, 6.07) is 7.42. The molecule has 4 rings (SSSR count). The van der Waals surface area contributed by atoms with Crippen LogP contribution < -0.4 is 5.32 Å². The molecule has 29 heavy (non-hydrogen) atoms. The maximum Gasteiger partial charge on any atom is 0.245 e. The molecule has 0 radical (unpaired) electrons. The Kier molecular flexibility index (Phi) is 5.33. The average Bonchev–Trinajstić information content (AvgIpc) is 3.33. The monoisotopic (exact) mass is 394 g/mol. The van der Waals surface area contributed by atoms with E-state index in [-0.39, 0.29) is 11.8 Å². The fraction of sp³-hybridized carbons (Fsp3) is 0.429. The number of likely N-dealkylation sites (tertiary alicyclic amines) is 1. The fourth-order valence-electron chi connectivity index (χ4n) is 4.21. The van der Waals surface area contributed by atoms with Gasteiger partial charge in [0.15, 0.2) is 0 Å². The van der Waals surface area contributed by atoms with Gasteiger partial charge in [-0.1, -0.05) is 18.2 Å². The first-order chi connectivity index (χ1) is 14.0. The number of aromatic amines is 1. The zero-order valence-corrected chi connectivity index (χ0v) is 16.8. The van der Waals surface area contributed by atoms with Gasteiger partial charge >= 0.3 is 0 Å². The highest BCUT2D eigenvalue weighted by molar-refractivity contribution is 5.89.